The molecule has 0 aromatic carbocycles. The third kappa shape index (κ3) is 14.3. The number of nitrogens with zero attached hydrogens (tertiary/aromatic N) is 4. The van der Waals surface area contributed by atoms with Gasteiger partial charge in [0.1, 0.15) is 5.76 Å². The summed E-state index contributed by atoms with van der Waals surface area (Å²) in [7, 11) is 1.68. The Bertz CT molecular complexity index is 792. The van der Waals surface area contributed by atoms with E-state index < -0.39 is 0 Å². The predicted octanol–water partition coefficient (Wildman–Crippen LogP) is 5.71. The van der Waals surface area contributed by atoms with Gasteiger partial charge in [0.2, 0.25) is 0 Å². The van der Waals surface area contributed by atoms with E-state index in [0.29, 0.717) is 19.6 Å². The number of nitrogens with one attached hydrogen (secondary N) is 1. The number of methoxy groups -OCH3 is 1. The Hall–Kier alpha value is -2.28. The molecule has 0 bridgehead atoms. The number of aliphatic imine (C=N–C) groups is 4. The van der Waals surface area contributed by atoms with E-state index in [1.807, 2.05) is 26.3 Å². The van der Waals surface area contributed by atoms with Crippen LogP contribution in [0.25, 0.3) is 0 Å². The Morgan fingerprint density at radius 2 is 1.47 bits per heavy atom. The Kier molecular flexibility index (Phi) is 18.4. The standard InChI is InChI=1S/C29H52N6O/c1-24(33-17-15-13-11-9-7-6-8-10-12-14-16-30)28-22-31-18-19-32-23-29(27(4)36-5)26(3)35-21-20-34-25(28)2/h22-23,31H,6-21,30H2,1-5H3/b28-22-,29-27+,32-23?,33-24?,34-25?,35-26?. The summed E-state index contributed by atoms with van der Waals surface area (Å²) in [4.78, 5) is 18.9. The molecule has 36 heavy (non-hydrogen) atoms. The van der Waals surface area contributed by atoms with Crippen LogP contribution in [-0.4, -0.2) is 69.7 Å². The minimum atomic E-state index is 0.627. The van der Waals surface area contributed by atoms with E-state index in [4.69, 9.17) is 25.4 Å². The summed E-state index contributed by atoms with van der Waals surface area (Å²) in [6.45, 7) is 12.5. The molecule has 0 spiro atoms. The highest BCUT2D eigenvalue weighted by atomic mass is 16.5. The first-order valence-electron chi connectivity index (χ1n) is 13.9. The lowest BCUT2D eigenvalue weighted by atomic mass is 10.1. The summed E-state index contributed by atoms with van der Waals surface area (Å²) in [6, 6.07) is 0. The third-order valence-corrected chi connectivity index (χ3v) is 6.47. The van der Waals surface area contributed by atoms with Crippen LogP contribution in [0.2, 0.25) is 0 Å². The van der Waals surface area contributed by atoms with Gasteiger partial charge in [0.15, 0.2) is 0 Å². The maximum atomic E-state index is 5.55. The average molecular weight is 501 g/mol. The molecule has 0 fully saturated rings. The van der Waals surface area contributed by atoms with Gasteiger partial charge in [-0.2, -0.15) is 0 Å². The Morgan fingerprint density at radius 3 is 2.08 bits per heavy atom. The molecule has 0 radical (unpaired) electrons. The molecule has 1 rings (SSSR count). The van der Waals surface area contributed by atoms with E-state index in [-0.39, 0.29) is 0 Å². The fourth-order valence-electron chi connectivity index (χ4n) is 4.09. The van der Waals surface area contributed by atoms with E-state index in [1.165, 1.54) is 57.8 Å². The Labute approximate surface area is 220 Å². The Balaban J connectivity index is 2.55. The van der Waals surface area contributed by atoms with Crippen molar-refractivity contribution in [1.82, 2.24) is 5.32 Å². The first kappa shape index (κ1) is 31.7. The first-order valence-corrected chi connectivity index (χ1v) is 13.9. The van der Waals surface area contributed by atoms with Crippen molar-refractivity contribution in [2.75, 3.05) is 46.4 Å². The predicted molar refractivity (Wildman–Crippen MR) is 158 cm³/mol. The van der Waals surface area contributed by atoms with Gasteiger partial charge in [-0.3, -0.25) is 20.0 Å². The van der Waals surface area contributed by atoms with Crippen molar-refractivity contribution in [3.8, 4) is 0 Å². The molecule has 0 unspecified atom stereocenters. The Morgan fingerprint density at radius 1 is 0.889 bits per heavy atom. The van der Waals surface area contributed by atoms with Crippen molar-refractivity contribution in [3.63, 3.8) is 0 Å². The van der Waals surface area contributed by atoms with Crippen LogP contribution in [0.15, 0.2) is 43.1 Å². The second-order valence-corrected chi connectivity index (χ2v) is 9.45. The van der Waals surface area contributed by atoms with Crippen molar-refractivity contribution in [3.05, 3.63) is 23.1 Å². The highest BCUT2D eigenvalue weighted by molar-refractivity contribution is 6.22. The largest absolute Gasteiger partial charge is 0.501 e. The van der Waals surface area contributed by atoms with Gasteiger partial charge in [-0.25, -0.2) is 0 Å². The molecule has 7 heteroatoms. The van der Waals surface area contributed by atoms with Crippen LogP contribution in [0.4, 0.5) is 0 Å². The van der Waals surface area contributed by atoms with Gasteiger partial charge in [-0.1, -0.05) is 51.4 Å². The lowest BCUT2D eigenvalue weighted by Crippen LogP contribution is -2.18. The fourth-order valence-corrected chi connectivity index (χ4v) is 4.09. The molecule has 7 nitrogen and oxygen atoms in total. The quantitative estimate of drug-likeness (QED) is 0.182. The molecule has 0 amide bonds. The summed E-state index contributed by atoms with van der Waals surface area (Å²) < 4.78 is 5.41. The minimum Gasteiger partial charge on any atom is -0.501 e. The monoisotopic (exact) mass is 500 g/mol. The number of ether oxygens (including phenoxy) is 1. The van der Waals surface area contributed by atoms with Crippen LogP contribution in [0.5, 0.6) is 0 Å². The number of rotatable bonds is 14. The fraction of sp³-hybridized carbons (Fsp3) is 0.724. The normalized spacial score (nSPS) is 18.9. The zero-order valence-corrected chi connectivity index (χ0v) is 23.7. The summed E-state index contributed by atoms with van der Waals surface area (Å²) >= 11 is 0. The second-order valence-electron chi connectivity index (χ2n) is 9.45. The van der Waals surface area contributed by atoms with Gasteiger partial charge in [0.25, 0.3) is 0 Å². The highest BCUT2D eigenvalue weighted by Gasteiger charge is 2.08. The van der Waals surface area contributed by atoms with Gasteiger partial charge >= 0.3 is 0 Å². The van der Waals surface area contributed by atoms with E-state index in [2.05, 4.69) is 24.2 Å². The van der Waals surface area contributed by atoms with E-state index in [1.54, 1.807) is 7.11 Å². The number of unbranched alkanes of at least 4 members (excludes halogenated alkanes) is 9. The molecule has 0 saturated heterocycles. The van der Waals surface area contributed by atoms with Gasteiger partial charge < -0.3 is 15.8 Å². The lowest BCUT2D eigenvalue weighted by molar-refractivity contribution is 0.292. The number of hydrogen-bond donors (Lipinski definition) is 2. The lowest BCUT2D eigenvalue weighted by Gasteiger charge is -2.11. The molecule has 204 valence electrons. The van der Waals surface area contributed by atoms with Crippen LogP contribution in [0.3, 0.4) is 0 Å². The van der Waals surface area contributed by atoms with Gasteiger partial charge in [-0.05, 0) is 47.1 Å². The molecule has 0 atom stereocenters. The molecule has 1 aliphatic heterocycles. The van der Waals surface area contributed by atoms with Crippen molar-refractivity contribution in [2.24, 2.45) is 25.7 Å². The van der Waals surface area contributed by atoms with Crippen molar-refractivity contribution >= 4 is 23.3 Å². The van der Waals surface area contributed by atoms with E-state index in [0.717, 1.165) is 60.1 Å². The maximum absolute atomic E-state index is 5.55. The molecule has 1 aliphatic rings. The van der Waals surface area contributed by atoms with Crippen LogP contribution in [0.1, 0.15) is 91.9 Å². The highest BCUT2D eigenvalue weighted by Crippen LogP contribution is 2.11. The topological polar surface area (TPSA) is 96.7 Å². The summed E-state index contributed by atoms with van der Waals surface area (Å²) in [5.74, 6) is 0.822. The van der Waals surface area contributed by atoms with Crippen LogP contribution in [-0.2, 0) is 4.74 Å². The first-order chi connectivity index (χ1) is 17.5. The summed E-state index contributed by atoms with van der Waals surface area (Å²) in [5.41, 5.74) is 10.5. The molecule has 3 N–H and O–H groups in total. The zero-order valence-electron chi connectivity index (χ0n) is 23.7. The van der Waals surface area contributed by atoms with Crippen molar-refractivity contribution in [2.45, 2.75) is 91.9 Å². The maximum Gasteiger partial charge on any atom is 0.103 e. The van der Waals surface area contributed by atoms with E-state index >= 15 is 0 Å². The molecule has 0 aliphatic carbocycles. The van der Waals surface area contributed by atoms with Crippen molar-refractivity contribution in [1.29, 1.82) is 0 Å². The average Bonchev–Trinajstić information content (AvgIpc) is 2.87. The molecular formula is C29H52N6O. The minimum absolute atomic E-state index is 0.627. The SMILES string of the molecule is CO/C(C)=C1\C=NCCN/C=C(/C(C)=NCCCCCCCCCCCCN)C(C)=NCCN=C1C. The zero-order chi connectivity index (χ0) is 26.4. The van der Waals surface area contributed by atoms with Gasteiger partial charge in [-0.15, -0.1) is 0 Å². The van der Waals surface area contributed by atoms with Gasteiger partial charge in [0.05, 0.1) is 32.3 Å². The number of hydrogen-bond acceptors (Lipinski definition) is 7. The van der Waals surface area contributed by atoms with Crippen molar-refractivity contribution < 1.29 is 4.74 Å². The number of nitrogens with two attached hydrogens (primary N) is 1. The summed E-state index contributed by atoms with van der Waals surface area (Å²) in [6.07, 6.45) is 16.8. The van der Waals surface area contributed by atoms with Crippen LogP contribution >= 0.6 is 0 Å². The van der Waals surface area contributed by atoms with Crippen LogP contribution in [0, 0.1) is 0 Å². The van der Waals surface area contributed by atoms with Crippen LogP contribution < -0.4 is 11.1 Å². The smallest absolute Gasteiger partial charge is 0.103 e. The second kappa shape index (κ2) is 20.9. The molecule has 1 heterocycles. The molecular weight excluding hydrogens is 448 g/mol. The molecule has 0 aromatic rings. The molecule has 0 aromatic heterocycles. The third-order valence-electron chi connectivity index (χ3n) is 6.47. The molecule has 0 saturated carbocycles. The summed E-state index contributed by atoms with van der Waals surface area (Å²) in [5, 5.41) is 3.39. The van der Waals surface area contributed by atoms with Gasteiger partial charge in [0, 0.05) is 48.2 Å². The van der Waals surface area contributed by atoms with E-state index in [9.17, 15) is 0 Å². The number of allylic oxidation sites excluding steroid dienone is 3.